The Hall–Kier alpha value is -0.950. The Morgan fingerprint density at radius 2 is 2.10 bits per heavy atom. The van der Waals surface area contributed by atoms with Gasteiger partial charge in [0, 0.05) is 20.3 Å². The van der Waals surface area contributed by atoms with Crippen molar-refractivity contribution in [3.05, 3.63) is 29.8 Å². The van der Waals surface area contributed by atoms with E-state index in [0.717, 1.165) is 0 Å². The van der Waals surface area contributed by atoms with Gasteiger partial charge in [-0.3, -0.25) is 0 Å². The summed E-state index contributed by atoms with van der Waals surface area (Å²) in [5.41, 5.74) is 0.611. The second-order valence-electron chi connectivity index (χ2n) is 4.91. The normalized spacial score (nSPS) is 15.0. The first kappa shape index (κ1) is 17.1. The zero-order valence-electron chi connectivity index (χ0n) is 12.2. The summed E-state index contributed by atoms with van der Waals surface area (Å²) in [7, 11) is -1.97. The van der Waals surface area contributed by atoms with Crippen LogP contribution in [0.2, 0.25) is 0 Å². The number of benzene rings is 1. The molecule has 6 heteroatoms. The Kier molecular flexibility index (Phi) is 6.61. The molecule has 0 spiro atoms. The number of hydrogen-bond donors (Lipinski definition) is 2. The molecule has 0 amide bonds. The summed E-state index contributed by atoms with van der Waals surface area (Å²) in [4.78, 5) is 0.173. The molecule has 2 atom stereocenters. The van der Waals surface area contributed by atoms with Crippen LogP contribution in [-0.2, 0) is 14.8 Å². The van der Waals surface area contributed by atoms with Crippen LogP contribution >= 0.6 is 0 Å². The highest BCUT2D eigenvalue weighted by molar-refractivity contribution is 7.89. The Bertz CT molecular complexity index is 516. The number of aliphatic hydroxyl groups excluding tert-OH is 1. The molecule has 0 aliphatic carbocycles. The highest BCUT2D eigenvalue weighted by Crippen LogP contribution is 2.19. The van der Waals surface area contributed by atoms with Gasteiger partial charge in [-0.1, -0.05) is 26.0 Å². The van der Waals surface area contributed by atoms with Crippen LogP contribution in [-0.4, -0.2) is 33.8 Å². The number of sulfonamides is 1. The Labute approximate surface area is 121 Å². The lowest BCUT2D eigenvalue weighted by Gasteiger charge is -2.13. The van der Waals surface area contributed by atoms with Gasteiger partial charge in [0.05, 0.1) is 11.0 Å². The van der Waals surface area contributed by atoms with E-state index in [1.54, 1.807) is 19.2 Å². The molecule has 2 unspecified atom stereocenters. The largest absolute Gasteiger partial charge is 0.388 e. The third-order valence-corrected chi connectivity index (χ3v) is 4.43. The van der Waals surface area contributed by atoms with E-state index in [4.69, 9.17) is 4.74 Å². The molecule has 0 saturated carbocycles. The highest BCUT2D eigenvalue weighted by Gasteiger charge is 2.16. The minimum absolute atomic E-state index is 0.0965. The Balaban J connectivity index is 2.82. The average Bonchev–Trinajstić information content (AvgIpc) is 2.45. The fourth-order valence-corrected chi connectivity index (χ4v) is 3.02. The van der Waals surface area contributed by atoms with Crippen molar-refractivity contribution in [2.45, 2.75) is 31.3 Å². The summed E-state index contributed by atoms with van der Waals surface area (Å²) in [5.74, 6) is 0.0965. The van der Waals surface area contributed by atoms with Crippen LogP contribution < -0.4 is 4.72 Å². The predicted octanol–water partition coefficient (Wildman–Crippen LogP) is 1.69. The van der Waals surface area contributed by atoms with Crippen LogP contribution in [0.3, 0.4) is 0 Å². The van der Waals surface area contributed by atoms with Gasteiger partial charge in [0.1, 0.15) is 0 Å². The highest BCUT2D eigenvalue weighted by atomic mass is 32.2. The van der Waals surface area contributed by atoms with Crippen LogP contribution in [0.5, 0.6) is 0 Å². The number of ether oxygens (including phenoxy) is 1. The van der Waals surface area contributed by atoms with Crippen LogP contribution in [0, 0.1) is 5.92 Å². The number of hydrogen-bond acceptors (Lipinski definition) is 4. The molecule has 5 nitrogen and oxygen atoms in total. The van der Waals surface area contributed by atoms with Crippen molar-refractivity contribution >= 4 is 10.0 Å². The maximum atomic E-state index is 12.2. The average molecular weight is 301 g/mol. The van der Waals surface area contributed by atoms with Crippen molar-refractivity contribution in [1.82, 2.24) is 4.72 Å². The van der Waals surface area contributed by atoms with Gasteiger partial charge in [0.2, 0.25) is 10.0 Å². The van der Waals surface area contributed by atoms with Crippen molar-refractivity contribution < 1.29 is 18.3 Å². The van der Waals surface area contributed by atoms with Crippen molar-refractivity contribution in [1.29, 1.82) is 0 Å². The lowest BCUT2D eigenvalue weighted by atomic mass is 10.1. The number of methoxy groups -OCH3 is 1. The van der Waals surface area contributed by atoms with Gasteiger partial charge in [-0.15, -0.1) is 0 Å². The number of nitrogens with one attached hydrogen (secondary N) is 1. The van der Waals surface area contributed by atoms with Crippen molar-refractivity contribution in [3.63, 3.8) is 0 Å². The quantitative estimate of drug-likeness (QED) is 0.766. The molecule has 114 valence electrons. The predicted molar refractivity (Wildman–Crippen MR) is 77.9 cm³/mol. The second kappa shape index (κ2) is 7.73. The lowest BCUT2D eigenvalue weighted by molar-refractivity contribution is 0.161. The minimum Gasteiger partial charge on any atom is -0.388 e. The standard InChI is InChI=1S/C14H23NO4S/c1-4-14(16)12-6-5-7-13(8-12)20(17,18)15-9-11(2)10-19-3/h5-8,11,14-16H,4,9-10H2,1-3H3. The van der Waals surface area contributed by atoms with Crippen LogP contribution in [0.15, 0.2) is 29.2 Å². The second-order valence-corrected chi connectivity index (χ2v) is 6.68. The van der Waals surface area contributed by atoms with Gasteiger partial charge in [-0.05, 0) is 30.0 Å². The monoisotopic (exact) mass is 301 g/mol. The summed E-state index contributed by atoms with van der Waals surface area (Å²) < 4.78 is 31.9. The summed E-state index contributed by atoms with van der Waals surface area (Å²) >= 11 is 0. The van der Waals surface area contributed by atoms with E-state index in [1.165, 1.54) is 12.1 Å². The van der Waals surface area contributed by atoms with E-state index in [-0.39, 0.29) is 10.8 Å². The molecule has 0 bridgehead atoms. The Morgan fingerprint density at radius 3 is 2.70 bits per heavy atom. The molecular formula is C14H23NO4S. The van der Waals surface area contributed by atoms with E-state index in [9.17, 15) is 13.5 Å². The third kappa shape index (κ3) is 4.86. The summed E-state index contributed by atoms with van der Waals surface area (Å²) in [6.45, 7) is 4.56. The topological polar surface area (TPSA) is 75.6 Å². The smallest absolute Gasteiger partial charge is 0.240 e. The van der Waals surface area contributed by atoms with E-state index in [0.29, 0.717) is 25.1 Å². The van der Waals surface area contributed by atoms with Crippen LogP contribution in [0.1, 0.15) is 31.9 Å². The van der Waals surface area contributed by atoms with Gasteiger partial charge in [-0.25, -0.2) is 13.1 Å². The number of rotatable bonds is 8. The maximum absolute atomic E-state index is 12.2. The summed E-state index contributed by atoms with van der Waals surface area (Å²) in [6, 6.07) is 6.40. The minimum atomic E-state index is -3.55. The van der Waals surface area contributed by atoms with Gasteiger partial charge in [0.25, 0.3) is 0 Å². The molecule has 20 heavy (non-hydrogen) atoms. The van der Waals surface area contributed by atoms with Gasteiger partial charge >= 0.3 is 0 Å². The molecule has 0 fully saturated rings. The zero-order chi connectivity index (χ0) is 15.2. The summed E-state index contributed by atoms with van der Waals surface area (Å²) in [6.07, 6.45) is -0.0977. The third-order valence-electron chi connectivity index (χ3n) is 3.01. The zero-order valence-corrected chi connectivity index (χ0v) is 13.0. The molecule has 0 aliphatic rings. The fourth-order valence-electron chi connectivity index (χ4n) is 1.80. The van der Waals surface area contributed by atoms with Crippen molar-refractivity contribution in [2.75, 3.05) is 20.3 Å². The molecule has 2 N–H and O–H groups in total. The first-order chi connectivity index (χ1) is 9.40. The SMILES string of the molecule is CCC(O)c1cccc(S(=O)(=O)NCC(C)COC)c1. The molecule has 1 aromatic carbocycles. The van der Waals surface area contributed by atoms with Gasteiger partial charge < -0.3 is 9.84 Å². The van der Waals surface area contributed by atoms with Crippen molar-refractivity contribution in [3.8, 4) is 0 Å². The van der Waals surface area contributed by atoms with Crippen LogP contribution in [0.4, 0.5) is 0 Å². The Morgan fingerprint density at radius 1 is 1.40 bits per heavy atom. The molecular weight excluding hydrogens is 278 g/mol. The molecule has 0 heterocycles. The maximum Gasteiger partial charge on any atom is 0.240 e. The molecule has 0 aliphatic heterocycles. The van der Waals surface area contributed by atoms with E-state index in [1.807, 2.05) is 13.8 Å². The van der Waals surface area contributed by atoms with E-state index in [2.05, 4.69) is 4.72 Å². The first-order valence-corrected chi connectivity index (χ1v) is 8.15. The van der Waals surface area contributed by atoms with Crippen molar-refractivity contribution in [2.24, 2.45) is 5.92 Å². The van der Waals surface area contributed by atoms with Gasteiger partial charge in [0.15, 0.2) is 0 Å². The molecule has 1 rings (SSSR count). The molecule has 0 radical (unpaired) electrons. The van der Waals surface area contributed by atoms with E-state index >= 15 is 0 Å². The molecule has 1 aromatic rings. The van der Waals surface area contributed by atoms with Crippen LogP contribution in [0.25, 0.3) is 0 Å². The molecule has 0 saturated heterocycles. The lowest BCUT2D eigenvalue weighted by Crippen LogP contribution is -2.30. The van der Waals surface area contributed by atoms with Gasteiger partial charge in [-0.2, -0.15) is 0 Å². The summed E-state index contributed by atoms with van der Waals surface area (Å²) in [5, 5.41) is 9.78. The number of aliphatic hydroxyl groups is 1. The first-order valence-electron chi connectivity index (χ1n) is 6.67. The molecule has 0 aromatic heterocycles. The fraction of sp³-hybridized carbons (Fsp3) is 0.571. The van der Waals surface area contributed by atoms with E-state index < -0.39 is 16.1 Å².